The number of halogens is 3. The first-order valence-corrected chi connectivity index (χ1v) is 9.33. The normalized spacial score (nSPS) is 20.8. The summed E-state index contributed by atoms with van der Waals surface area (Å²) in [4.78, 5) is 14.0. The molecule has 6 nitrogen and oxygen atoms in total. The first kappa shape index (κ1) is 22.4. The highest BCUT2D eigenvalue weighted by Crippen LogP contribution is 2.15. The molecule has 1 saturated heterocycles. The number of benzene rings is 1. The van der Waals surface area contributed by atoms with Crippen LogP contribution in [0.5, 0.6) is 0 Å². The number of morpholine rings is 1. The lowest BCUT2D eigenvalue weighted by atomic mass is 10.1. The molecule has 0 aromatic heterocycles. The van der Waals surface area contributed by atoms with Crippen LogP contribution < -0.4 is 10.6 Å². The van der Waals surface area contributed by atoms with Gasteiger partial charge in [-0.3, -0.25) is 4.90 Å². The van der Waals surface area contributed by atoms with E-state index in [0.717, 1.165) is 25.2 Å². The van der Waals surface area contributed by atoms with E-state index in [2.05, 4.69) is 34.1 Å². The largest absolute Gasteiger partial charge is 0.411 e. The van der Waals surface area contributed by atoms with Gasteiger partial charge in [0, 0.05) is 32.7 Å². The molecule has 1 heterocycles. The third kappa shape index (κ3) is 8.90. The second-order valence-corrected chi connectivity index (χ2v) is 7.05. The van der Waals surface area contributed by atoms with Gasteiger partial charge in [-0.05, 0) is 25.0 Å². The summed E-state index contributed by atoms with van der Waals surface area (Å²) in [6.45, 7) is 5.64. The maximum absolute atomic E-state index is 11.9. The topological polar surface area (TPSA) is 62.8 Å². The summed E-state index contributed by atoms with van der Waals surface area (Å²) < 4.78 is 45.9. The summed E-state index contributed by atoms with van der Waals surface area (Å²) >= 11 is 0. The number of carbonyl (C=O) groups excluding carboxylic acids is 1. The summed E-state index contributed by atoms with van der Waals surface area (Å²) in [6, 6.07) is 7.52. The second kappa shape index (κ2) is 10.6. The van der Waals surface area contributed by atoms with Gasteiger partial charge >= 0.3 is 12.2 Å². The molecule has 28 heavy (non-hydrogen) atoms. The van der Waals surface area contributed by atoms with Crippen LogP contribution in [0.15, 0.2) is 24.3 Å². The van der Waals surface area contributed by atoms with E-state index in [1.54, 1.807) is 0 Å². The van der Waals surface area contributed by atoms with Crippen molar-refractivity contribution < 1.29 is 27.4 Å². The molecule has 2 N–H and O–H groups in total. The second-order valence-electron chi connectivity index (χ2n) is 7.05. The summed E-state index contributed by atoms with van der Waals surface area (Å²) in [6.07, 6.45) is -3.90. The minimum Gasteiger partial charge on any atom is -0.373 e. The number of rotatable bonds is 8. The molecular weight excluding hydrogens is 375 g/mol. The number of nitrogens with zero attached hydrogens (tertiary/aromatic N) is 1. The van der Waals surface area contributed by atoms with Gasteiger partial charge in [0.15, 0.2) is 0 Å². The van der Waals surface area contributed by atoms with Gasteiger partial charge in [-0.2, -0.15) is 13.2 Å². The Morgan fingerprint density at radius 1 is 1.14 bits per heavy atom. The zero-order chi connectivity index (χ0) is 20.6. The van der Waals surface area contributed by atoms with Gasteiger partial charge in [-0.25, -0.2) is 4.79 Å². The van der Waals surface area contributed by atoms with Crippen LogP contribution in [0, 0.1) is 0 Å². The van der Waals surface area contributed by atoms with Crippen LogP contribution in [-0.2, 0) is 22.6 Å². The highest BCUT2D eigenvalue weighted by molar-refractivity contribution is 5.73. The van der Waals surface area contributed by atoms with Gasteiger partial charge in [0.05, 0.1) is 18.8 Å². The Bertz CT molecular complexity index is 601. The minimum atomic E-state index is -4.35. The molecule has 1 fully saturated rings. The number of ether oxygens (including phenoxy) is 2. The molecule has 0 saturated carbocycles. The van der Waals surface area contributed by atoms with Crippen molar-refractivity contribution in [2.75, 3.05) is 32.8 Å². The predicted octanol–water partition coefficient (Wildman–Crippen LogP) is 2.67. The average molecular weight is 403 g/mol. The van der Waals surface area contributed by atoms with Crippen LogP contribution >= 0.6 is 0 Å². The Kier molecular flexibility index (Phi) is 8.53. The van der Waals surface area contributed by atoms with Crippen molar-refractivity contribution in [3.63, 3.8) is 0 Å². The van der Waals surface area contributed by atoms with E-state index in [0.29, 0.717) is 6.54 Å². The fourth-order valence-electron chi connectivity index (χ4n) is 3.10. The summed E-state index contributed by atoms with van der Waals surface area (Å²) in [5.41, 5.74) is 2.13. The van der Waals surface area contributed by atoms with Gasteiger partial charge in [0.1, 0.15) is 6.61 Å². The molecular formula is C19H28F3N3O3. The van der Waals surface area contributed by atoms with Crippen molar-refractivity contribution in [3.8, 4) is 0 Å². The zero-order valence-corrected chi connectivity index (χ0v) is 16.2. The highest BCUT2D eigenvalue weighted by atomic mass is 19.4. The van der Waals surface area contributed by atoms with Crippen molar-refractivity contribution in [1.82, 2.24) is 15.5 Å². The lowest BCUT2D eigenvalue weighted by Crippen LogP contribution is -2.44. The van der Waals surface area contributed by atoms with E-state index in [9.17, 15) is 18.0 Å². The maximum atomic E-state index is 11.9. The monoisotopic (exact) mass is 403 g/mol. The molecule has 1 aliphatic rings. The van der Waals surface area contributed by atoms with E-state index < -0.39 is 18.8 Å². The lowest BCUT2D eigenvalue weighted by Gasteiger charge is -2.35. The molecule has 0 radical (unpaired) electrons. The first-order valence-electron chi connectivity index (χ1n) is 9.33. The molecule has 0 bridgehead atoms. The Labute approximate surface area is 163 Å². The third-order valence-corrected chi connectivity index (χ3v) is 4.18. The van der Waals surface area contributed by atoms with Crippen molar-refractivity contribution >= 4 is 6.03 Å². The highest BCUT2D eigenvalue weighted by Gasteiger charge is 2.27. The van der Waals surface area contributed by atoms with Crippen LogP contribution in [0.1, 0.15) is 25.0 Å². The van der Waals surface area contributed by atoms with Crippen molar-refractivity contribution in [2.45, 2.75) is 45.3 Å². The summed E-state index contributed by atoms with van der Waals surface area (Å²) in [7, 11) is 0. The Hall–Kier alpha value is -1.84. The average Bonchev–Trinajstić information content (AvgIpc) is 2.59. The number of hydrogen-bond acceptors (Lipinski definition) is 4. The molecule has 9 heteroatoms. The zero-order valence-electron chi connectivity index (χ0n) is 16.2. The Balaban J connectivity index is 1.64. The van der Waals surface area contributed by atoms with Crippen molar-refractivity contribution in [3.05, 3.63) is 35.4 Å². The number of hydrogen-bond donors (Lipinski definition) is 2. The van der Waals surface area contributed by atoms with Gasteiger partial charge in [0.2, 0.25) is 0 Å². The van der Waals surface area contributed by atoms with E-state index in [-0.39, 0.29) is 25.4 Å². The molecule has 1 aliphatic heterocycles. The molecule has 158 valence electrons. The Morgan fingerprint density at radius 2 is 1.75 bits per heavy atom. The van der Waals surface area contributed by atoms with Crippen LogP contribution in [0.2, 0.25) is 0 Å². The molecule has 2 amide bonds. The number of carbonyl (C=O) groups is 1. The standard InChI is InChI=1S/C19H28F3N3O3/c1-14-10-25(11-15(2)28-14)12-17-5-3-16(4-6-17)9-24-18(26)23-7-8-27-13-19(20,21)22/h3-6,14-15H,7-13H2,1-2H3,(H2,23,24,26). The van der Waals surface area contributed by atoms with E-state index in [1.165, 1.54) is 5.56 Å². The van der Waals surface area contributed by atoms with Crippen molar-refractivity contribution in [2.24, 2.45) is 0 Å². The Morgan fingerprint density at radius 3 is 2.36 bits per heavy atom. The fourth-order valence-corrected chi connectivity index (χ4v) is 3.10. The molecule has 1 aromatic carbocycles. The maximum Gasteiger partial charge on any atom is 0.411 e. The minimum absolute atomic E-state index is 0.0112. The molecule has 2 unspecified atom stereocenters. The third-order valence-electron chi connectivity index (χ3n) is 4.18. The molecule has 0 spiro atoms. The number of amides is 2. The predicted molar refractivity (Wildman–Crippen MR) is 98.8 cm³/mol. The van der Waals surface area contributed by atoms with E-state index in [4.69, 9.17) is 4.74 Å². The first-order chi connectivity index (χ1) is 13.2. The van der Waals surface area contributed by atoms with Crippen molar-refractivity contribution in [1.29, 1.82) is 0 Å². The molecule has 1 aromatic rings. The van der Waals surface area contributed by atoms with Gasteiger partial charge in [-0.1, -0.05) is 24.3 Å². The number of urea groups is 1. The molecule has 2 rings (SSSR count). The smallest absolute Gasteiger partial charge is 0.373 e. The fraction of sp³-hybridized carbons (Fsp3) is 0.632. The van der Waals surface area contributed by atoms with Crippen LogP contribution in [0.4, 0.5) is 18.0 Å². The molecule has 2 atom stereocenters. The molecule has 0 aliphatic carbocycles. The summed E-state index contributed by atoms with van der Waals surface area (Å²) in [5, 5.41) is 5.12. The van der Waals surface area contributed by atoms with E-state index >= 15 is 0 Å². The van der Waals surface area contributed by atoms with E-state index in [1.807, 2.05) is 24.3 Å². The summed E-state index contributed by atoms with van der Waals surface area (Å²) in [5.74, 6) is 0. The van der Waals surface area contributed by atoms with Gasteiger partial charge in [0.25, 0.3) is 0 Å². The van der Waals surface area contributed by atoms with Gasteiger partial charge in [-0.15, -0.1) is 0 Å². The number of alkyl halides is 3. The number of nitrogens with one attached hydrogen (secondary N) is 2. The SMILES string of the molecule is CC1CN(Cc2ccc(CNC(=O)NCCOCC(F)(F)F)cc2)CC(C)O1. The van der Waals surface area contributed by atoms with Crippen LogP contribution in [0.25, 0.3) is 0 Å². The van der Waals surface area contributed by atoms with Gasteiger partial charge < -0.3 is 20.1 Å². The quantitative estimate of drug-likeness (QED) is 0.655. The van der Waals surface area contributed by atoms with Crippen LogP contribution in [0.3, 0.4) is 0 Å². The lowest BCUT2D eigenvalue weighted by molar-refractivity contribution is -0.173. The van der Waals surface area contributed by atoms with Crippen LogP contribution in [-0.4, -0.2) is 62.2 Å².